The summed E-state index contributed by atoms with van der Waals surface area (Å²) in [5.41, 5.74) is 1.74. The van der Waals surface area contributed by atoms with Crippen LogP contribution in [0, 0.1) is 17.7 Å². The third-order valence-electron chi connectivity index (χ3n) is 1.74. The molecule has 0 aliphatic rings. The Labute approximate surface area is 84.5 Å². The summed E-state index contributed by atoms with van der Waals surface area (Å²) in [6, 6.07) is 6.32. The van der Waals surface area contributed by atoms with E-state index >= 15 is 0 Å². The van der Waals surface area contributed by atoms with Gasteiger partial charge < -0.3 is 0 Å². The van der Waals surface area contributed by atoms with Crippen LogP contribution in [0.2, 0.25) is 0 Å². The van der Waals surface area contributed by atoms with Crippen molar-refractivity contribution in [2.45, 2.75) is 20.3 Å². The Bertz CT molecular complexity index is 391. The Morgan fingerprint density at radius 1 is 1.50 bits per heavy atom. The number of halogens is 1. The van der Waals surface area contributed by atoms with Crippen LogP contribution < -0.4 is 0 Å². The normalized spacial score (nSPS) is 10.6. The van der Waals surface area contributed by atoms with Crippen molar-refractivity contribution < 1.29 is 4.39 Å². The van der Waals surface area contributed by atoms with Gasteiger partial charge in [-0.05, 0) is 37.1 Å². The molecular formula is C13H13F. The van der Waals surface area contributed by atoms with Crippen LogP contribution >= 0.6 is 0 Å². The summed E-state index contributed by atoms with van der Waals surface area (Å²) in [6.07, 6.45) is 3.02. The van der Waals surface area contributed by atoms with Crippen LogP contribution in [0.3, 0.4) is 0 Å². The molecule has 0 N–H and O–H groups in total. The fraction of sp³-hybridized carbons (Fsp3) is 0.231. The summed E-state index contributed by atoms with van der Waals surface area (Å²) in [6.45, 7) is 4.02. The van der Waals surface area contributed by atoms with Crippen LogP contribution in [0.4, 0.5) is 4.39 Å². The number of allylic oxidation sites excluding steroid dienone is 2. The van der Waals surface area contributed by atoms with Crippen molar-refractivity contribution >= 4 is 0 Å². The van der Waals surface area contributed by atoms with E-state index in [4.69, 9.17) is 0 Å². The zero-order chi connectivity index (χ0) is 10.4. The van der Waals surface area contributed by atoms with Crippen molar-refractivity contribution in [2.24, 2.45) is 0 Å². The summed E-state index contributed by atoms with van der Waals surface area (Å²) in [7, 11) is 0. The van der Waals surface area contributed by atoms with Gasteiger partial charge in [0.25, 0.3) is 0 Å². The largest absolute Gasteiger partial charge is 0.207 e. The lowest BCUT2D eigenvalue weighted by Crippen LogP contribution is -1.77. The molecule has 0 fully saturated rings. The molecule has 1 aromatic rings. The van der Waals surface area contributed by atoms with Gasteiger partial charge >= 0.3 is 0 Å². The summed E-state index contributed by atoms with van der Waals surface area (Å²) in [5.74, 6) is 5.64. The van der Waals surface area contributed by atoms with Gasteiger partial charge in [0, 0.05) is 5.56 Å². The molecule has 0 amide bonds. The predicted molar refractivity (Wildman–Crippen MR) is 57.3 cm³/mol. The molecule has 1 heteroatoms. The molecule has 1 aromatic carbocycles. The summed E-state index contributed by atoms with van der Waals surface area (Å²) in [5, 5.41) is 0. The van der Waals surface area contributed by atoms with E-state index in [1.165, 1.54) is 12.1 Å². The lowest BCUT2D eigenvalue weighted by Gasteiger charge is -1.90. The van der Waals surface area contributed by atoms with Gasteiger partial charge in [0.2, 0.25) is 0 Å². The van der Waals surface area contributed by atoms with Gasteiger partial charge in [0.05, 0.1) is 0 Å². The minimum atomic E-state index is -0.242. The van der Waals surface area contributed by atoms with Crippen molar-refractivity contribution in [3.63, 3.8) is 0 Å². The monoisotopic (exact) mass is 188 g/mol. The van der Waals surface area contributed by atoms with E-state index in [9.17, 15) is 4.39 Å². The quantitative estimate of drug-likeness (QED) is 0.591. The first kappa shape index (κ1) is 10.5. The lowest BCUT2D eigenvalue weighted by molar-refractivity contribution is 0.627. The zero-order valence-corrected chi connectivity index (χ0v) is 8.47. The Hall–Kier alpha value is -1.55. The zero-order valence-electron chi connectivity index (χ0n) is 8.47. The third-order valence-corrected chi connectivity index (χ3v) is 1.74. The second kappa shape index (κ2) is 5.24. The summed E-state index contributed by atoms with van der Waals surface area (Å²) in [4.78, 5) is 0. The van der Waals surface area contributed by atoms with Gasteiger partial charge in [-0.3, -0.25) is 0 Å². The van der Waals surface area contributed by atoms with Crippen LogP contribution in [-0.4, -0.2) is 0 Å². The van der Waals surface area contributed by atoms with Crippen molar-refractivity contribution in [1.82, 2.24) is 0 Å². The molecular weight excluding hydrogens is 175 g/mol. The van der Waals surface area contributed by atoms with Crippen LogP contribution in [0.5, 0.6) is 0 Å². The van der Waals surface area contributed by atoms with Gasteiger partial charge in [-0.1, -0.05) is 30.9 Å². The van der Waals surface area contributed by atoms with Crippen molar-refractivity contribution in [3.8, 4) is 11.8 Å². The topological polar surface area (TPSA) is 0 Å². The molecule has 0 heterocycles. The Balaban J connectivity index is 2.82. The van der Waals surface area contributed by atoms with Crippen LogP contribution in [0.1, 0.15) is 25.8 Å². The maximum Gasteiger partial charge on any atom is 0.124 e. The molecule has 14 heavy (non-hydrogen) atoms. The van der Waals surface area contributed by atoms with Crippen molar-refractivity contribution in [1.29, 1.82) is 0 Å². The lowest BCUT2D eigenvalue weighted by atomic mass is 10.2. The average molecular weight is 188 g/mol. The fourth-order valence-corrected chi connectivity index (χ4v) is 1.09. The first-order chi connectivity index (χ1) is 6.72. The molecule has 0 bridgehead atoms. The minimum Gasteiger partial charge on any atom is -0.207 e. The number of rotatable bonds is 1. The van der Waals surface area contributed by atoms with Crippen LogP contribution in [0.15, 0.2) is 35.9 Å². The van der Waals surface area contributed by atoms with E-state index in [0.717, 1.165) is 12.0 Å². The molecule has 0 aliphatic carbocycles. The molecule has 0 saturated carbocycles. The van der Waals surface area contributed by atoms with Gasteiger partial charge in [-0.2, -0.15) is 0 Å². The van der Waals surface area contributed by atoms with Crippen LogP contribution in [-0.2, 0) is 0 Å². The Morgan fingerprint density at radius 2 is 2.29 bits per heavy atom. The van der Waals surface area contributed by atoms with Gasteiger partial charge in [0.1, 0.15) is 5.82 Å². The summed E-state index contributed by atoms with van der Waals surface area (Å²) >= 11 is 0. The number of hydrogen-bond donors (Lipinski definition) is 0. The van der Waals surface area contributed by atoms with E-state index in [2.05, 4.69) is 18.8 Å². The Kier molecular flexibility index (Phi) is 3.94. The molecule has 0 radical (unpaired) electrons. The highest BCUT2D eigenvalue weighted by molar-refractivity contribution is 5.39. The van der Waals surface area contributed by atoms with Crippen molar-refractivity contribution in [2.75, 3.05) is 0 Å². The molecule has 0 atom stereocenters. The average Bonchev–Trinajstić information content (AvgIpc) is 2.15. The van der Waals surface area contributed by atoms with Gasteiger partial charge in [-0.25, -0.2) is 4.39 Å². The van der Waals surface area contributed by atoms with E-state index < -0.39 is 0 Å². The molecule has 0 saturated heterocycles. The number of benzene rings is 1. The SMILES string of the molecule is CC/C=C(\C)C#Cc1cccc(F)c1. The highest BCUT2D eigenvalue weighted by Crippen LogP contribution is 2.02. The second-order valence-corrected chi connectivity index (χ2v) is 3.06. The second-order valence-electron chi connectivity index (χ2n) is 3.06. The van der Waals surface area contributed by atoms with Crippen molar-refractivity contribution in [3.05, 3.63) is 47.3 Å². The number of hydrogen-bond acceptors (Lipinski definition) is 0. The van der Waals surface area contributed by atoms with E-state index in [0.29, 0.717) is 5.56 Å². The summed E-state index contributed by atoms with van der Waals surface area (Å²) < 4.78 is 12.8. The Morgan fingerprint density at radius 3 is 2.93 bits per heavy atom. The molecule has 0 unspecified atom stereocenters. The molecule has 72 valence electrons. The maximum absolute atomic E-state index is 12.8. The van der Waals surface area contributed by atoms with Gasteiger partial charge in [-0.15, -0.1) is 0 Å². The highest BCUT2D eigenvalue weighted by Gasteiger charge is 1.89. The molecule has 1 rings (SSSR count). The molecule has 0 aliphatic heterocycles. The first-order valence-corrected chi connectivity index (χ1v) is 4.66. The fourth-order valence-electron chi connectivity index (χ4n) is 1.09. The molecule has 0 spiro atoms. The first-order valence-electron chi connectivity index (χ1n) is 4.66. The minimum absolute atomic E-state index is 0.242. The standard InChI is InChI=1S/C13H13F/c1-3-5-11(2)8-9-12-6-4-7-13(14)10-12/h4-7,10H,3H2,1-2H3/b11-5+. The third kappa shape index (κ3) is 3.45. The van der Waals surface area contributed by atoms with E-state index in [-0.39, 0.29) is 5.82 Å². The molecule has 0 nitrogen and oxygen atoms in total. The molecule has 0 aromatic heterocycles. The predicted octanol–water partition coefficient (Wildman–Crippen LogP) is 3.53. The van der Waals surface area contributed by atoms with Gasteiger partial charge in [0.15, 0.2) is 0 Å². The van der Waals surface area contributed by atoms with E-state index in [1.54, 1.807) is 12.1 Å². The maximum atomic E-state index is 12.8. The van der Waals surface area contributed by atoms with Crippen LogP contribution in [0.25, 0.3) is 0 Å². The van der Waals surface area contributed by atoms with E-state index in [1.807, 2.05) is 13.0 Å². The smallest absolute Gasteiger partial charge is 0.124 e. The highest BCUT2D eigenvalue weighted by atomic mass is 19.1.